The number of ether oxygens (including phenoxy) is 2. The van der Waals surface area contributed by atoms with Crippen LogP contribution in [0.3, 0.4) is 0 Å². The van der Waals surface area contributed by atoms with E-state index in [1.54, 1.807) is 25.2 Å². The number of carbonyl (C=O) groups excluding carboxylic acids is 1. The lowest BCUT2D eigenvalue weighted by atomic mass is 10.1. The third-order valence-corrected chi connectivity index (χ3v) is 3.52. The summed E-state index contributed by atoms with van der Waals surface area (Å²) in [5, 5.41) is 0. The maximum Gasteiger partial charge on any atom is 0.227 e. The van der Waals surface area contributed by atoms with Crippen molar-refractivity contribution < 1.29 is 14.3 Å². The second kappa shape index (κ2) is 7.50. The fourth-order valence-electron chi connectivity index (χ4n) is 2.24. The first-order chi connectivity index (χ1) is 10.6. The van der Waals surface area contributed by atoms with Crippen LogP contribution in [-0.4, -0.2) is 32.1 Å². The van der Waals surface area contributed by atoms with Crippen molar-refractivity contribution >= 4 is 5.91 Å². The van der Waals surface area contributed by atoms with Crippen molar-refractivity contribution in [2.75, 3.05) is 21.3 Å². The van der Waals surface area contributed by atoms with Crippen LogP contribution in [0.2, 0.25) is 0 Å². The Morgan fingerprint density at radius 1 is 1.05 bits per heavy atom. The van der Waals surface area contributed by atoms with Gasteiger partial charge in [-0.25, -0.2) is 0 Å². The molecule has 22 heavy (non-hydrogen) atoms. The molecule has 0 N–H and O–H groups in total. The van der Waals surface area contributed by atoms with E-state index in [2.05, 4.69) is 0 Å². The Kier molecular flexibility index (Phi) is 5.42. The topological polar surface area (TPSA) is 38.8 Å². The molecule has 0 unspecified atom stereocenters. The summed E-state index contributed by atoms with van der Waals surface area (Å²) >= 11 is 0. The van der Waals surface area contributed by atoms with Crippen molar-refractivity contribution in [3.8, 4) is 11.5 Å². The summed E-state index contributed by atoms with van der Waals surface area (Å²) < 4.78 is 10.5. The fraction of sp³-hybridized carbons (Fsp3) is 0.278. The molecule has 0 spiro atoms. The lowest BCUT2D eigenvalue weighted by Crippen LogP contribution is -2.27. The molecule has 0 saturated heterocycles. The molecule has 2 aromatic carbocycles. The van der Waals surface area contributed by atoms with Gasteiger partial charge in [0.2, 0.25) is 5.91 Å². The number of rotatable bonds is 6. The summed E-state index contributed by atoms with van der Waals surface area (Å²) in [6.07, 6.45) is 0.302. The van der Waals surface area contributed by atoms with Gasteiger partial charge in [-0.1, -0.05) is 36.4 Å². The van der Waals surface area contributed by atoms with Gasteiger partial charge in [-0.05, 0) is 11.6 Å². The number of hydrogen-bond acceptors (Lipinski definition) is 3. The number of benzene rings is 2. The molecular formula is C18H21NO3. The zero-order chi connectivity index (χ0) is 15.9. The Hall–Kier alpha value is -2.49. The second-order valence-electron chi connectivity index (χ2n) is 5.09. The van der Waals surface area contributed by atoms with Crippen LogP contribution in [0.5, 0.6) is 11.5 Å². The highest BCUT2D eigenvalue weighted by Crippen LogP contribution is 2.25. The standard InChI is InChI=1S/C18H21NO3/c1-19(13-14-7-5-4-6-8-14)18(20)11-15-9-10-16(21-2)12-17(15)22-3/h4-10,12H,11,13H2,1-3H3. The Bertz CT molecular complexity index is 625. The zero-order valence-electron chi connectivity index (χ0n) is 13.2. The minimum Gasteiger partial charge on any atom is -0.497 e. The first-order valence-corrected chi connectivity index (χ1v) is 7.13. The Morgan fingerprint density at radius 2 is 1.77 bits per heavy atom. The third kappa shape index (κ3) is 4.01. The van der Waals surface area contributed by atoms with Gasteiger partial charge in [-0.3, -0.25) is 4.79 Å². The molecule has 0 fully saturated rings. The Labute approximate surface area is 131 Å². The van der Waals surface area contributed by atoms with Gasteiger partial charge >= 0.3 is 0 Å². The quantitative estimate of drug-likeness (QED) is 0.823. The number of carbonyl (C=O) groups is 1. The number of likely N-dealkylation sites (N-methyl/N-ethyl adjacent to an activating group) is 1. The summed E-state index contributed by atoms with van der Waals surface area (Å²) in [5.41, 5.74) is 1.97. The molecule has 2 aromatic rings. The van der Waals surface area contributed by atoms with Crippen LogP contribution in [0.15, 0.2) is 48.5 Å². The third-order valence-electron chi connectivity index (χ3n) is 3.52. The molecule has 116 valence electrons. The molecule has 0 saturated carbocycles. The SMILES string of the molecule is COc1ccc(CC(=O)N(C)Cc2ccccc2)c(OC)c1. The molecule has 0 bridgehead atoms. The molecule has 0 aliphatic rings. The van der Waals surface area contributed by atoms with Crippen molar-refractivity contribution in [1.82, 2.24) is 4.90 Å². The molecule has 0 heterocycles. The second-order valence-corrected chi connectivity index (χ2v) is 5.09. The zero-order valence-corrected chi connectivity index (χ0v) is 13.2. The fourth-order valence-corrected chi connectivity index (χ4v) is 2.24. The monoisotopic (exact) mass is 299 g/mol. The number of methoxy groups -OCH3 is 2. The Balaban J connectivity index is 2.05. The van der Waals surface area contributed by atoms with E-state index >= 15 is 0 Å². The summed E-state index contributed by atoms with van der Waals surface area (Å²) in [7, 11) is 5.01. The van der Waals surface area contributed by atoms with Crippen molar-refractivity contribution in [1.29, 1.82) is 0 Å². The lowest BCUT2D eigenvalue weighted by Gasteiger charge is -2.18. The van der Waals surface area contributed by atoms with Crippen LogP contribution in [0, 0.1) is 0 Å². The van der Waals surface area contributed by atoms with Gasteiger partial charge in [-0.15, -0.1) is 0 Å². The highest BCUT2D eigenvalue weighted by molar-refractivity contribution is 5.79. The van der Waals surface area contributed by atoms with Gasteiger partial charge in [-0.2, -0.15) is 0 Å². The summed E-state index contributed by atoms with van der Waals surface area (Å²) in [4.78, 5) is 14.1. The van der Waals surface area contributed by atoms with E-state index in [9.17, 15) is 4.79 Å². The van der Waals surface area contributed by atoms with Crippen LogP contribution in [-0.2, 0) is 17.8 Å². The summed E-state index contributed by atoms with van der Waals surface area (Å²) in [5.74, 6) is 1.43. The minimum absolute atomic E-state index is 0.0484. The number of amides is 1. The molecule has 2 rings (SSSR count). The molecule has 4 heteroatoms. The predicted octanol–water partition coefficient (Wildman–Crippen LogP) is 2.90. The normalized spacial score (nSPS) is 10.1. The van der Waals surface area contributed by atoms with Gasteiger partial charge in [0.15, 0.2) is 0 Å². The van der Waals surface area contributed by atoms with Gasteiger partial charge < -0.3 is 14.4 Å². The smallest absolute Gasteiger partial charge is 0.227 e. The van der Waals surface area contributed by atoms with Gasteiger partial charge in [0.25, 0.3) is 0 Å². The highest BCUT2D eigenvalue weighted by atomic mass is 16.5. The Morgan fingerprint density at radius 3 is 2.41 bits per heavy atom. The van der Waals surface area contributed by atoms with E-state index < -0.39 is 0 Å². The van der Waals surface area contributed by atoms with Gasteiger partial charge in [0.05, 0.1) is 20.6 Å². The minimum atomic E-state index is 0.0484. The molecule has 0 radical (unpaired) electrons. The number of nitrogens with zero attached hydrogens (tertiary/aromatic N) is 1. The first-order valence-electron chi connectivity index (χ1n) is 7.13. The molecule has 0 atom stereocenters. The van der Waals surface area contributed by atoms with Crippen molar-refractivity contribution in [3.63, 3.8) is 0 Å². The van der Waals surface area contributed by atoms with Crippen LogP contribution in [0.4, 0.5) is 0 Å². The molecule has 0 aromatic heterocycles. The van der Waals surface area contributed by atoms with Gasteiger partial charge in [0, 0.05) is 25.2 Å². The van der Waals surface area contributed by atoms with Crippen molar-refractivity contribution in [2.24, 2.45) is 0 Å². The van der Waals surface area contributed by atoms with E-state index in [1.165, 1.54) is 0 Å². The van der Waals surface area contributed by atoms with Crippen molar-refractivity contribution in [3.05, 3.63) is 59.7 Å². The van der Waals surface area contributed by atoms with Crippen LogP contribution >= 0.6 is 0 Å². The van der Waals surface area contributed by atoms with Crippen LogP contribution < -0.4 is 9.47 Å². The molecule has 0 aliphatic carbocycles. The van der Waals surface area contributed by atoms with Crippen LogP contribution in [0.25, 0.3) is 0 Å². The summed E-state index contributed by atoms with van der Waals surface area (Å²) in [6, 6.07) is 15.4. The van der Waals surface area contributed by atoms with Gasteiger partial charge in [0.1, 0.15) is 11.5 Å². The van der Waals surface area contributed by atoms with E-state index in [4.69, 9.17) is 9.47 Å². The first kappa shape index (κ1) is 15.9. The molecule has 1 amide bonds. The summed E-state index contributed by atoms with van der Waals surface area (Å²) in [6.45, 7) is 0.595. The lowest BCUT2D eigenvalue weighted by molar-refractivity contribution is -0.129. The van der Waals surface area contributed by atoms with E-state index in [0.29, 0.717) is 24.5 Å². The number of hydrogen-bond donors (Lipinski definition) is 0. The van der Waals surface area contributed by atoms with E-state index in [-0.39, 0.29) is 5.91 Å². The maximum atomic E-state index is 12.4. The predicted molar refractivity (Wildman–Crippen MR) is 86.2 cm³/mol. The molecule has 0 aliphatic heterocycles. The van der Waals surface area contributed by atoms with E-state index in [0.717, 1.165) is 11.1 Å². The molecular weight excluding hydrogens is 278 g/mol. The molecule has 4 nitrogen and oxygen atoms in total. The van der Waals surface area contributed by atoms with E-state index in [1.807, 2.05) is 49.5 Å². The van der Waals surface area contributed by atoms with Crippen LogP contribution in [0.1, 0.15) is 11.1 Å². The largest absolute Gasteiger partial charge is 0.497 e. The highest BCUT2D eigenvalue weighted by Gasteiger charge is 2.14. The average Bonchev–Trinajstić information content (AvgIpc) is 2.56. The average molecular weight is 299 g/mol. The maximum absolute atomic E-state index is 12.4. The van der Waals surface area contributed by atoms with Crippen molar-refractivity contribution in [2.45, 2.75) is 13.0 Å².